The Morgan fingerprint density at radius 3 is 3.00 bits per heavy atom. The van der Waals surface area contributed by atoms with E-state index in [9.17, 15) is 4.79 Å². The number of thiazole rings is 1. The van der Waals surface area contributed by atoms with Crippen molar-refractivity contribution < 1.29 is 14.3 Å². The van der Waals surface area contributed by atoms with Crippen LogP contribution in [0, 0.1) is 5.92 Å². The van der Waals surface area contributed by atoms with Crippen LogP contribution in [0.5, 0.6) is 0 Å². The van der Waals surface area contributed by atoms with Crippen LogP contribution < -0.4 is 5.32 Å². The minimum atomic E-state index is -0.412. The van der Waals surface area contributed by atoms with Gasteiger partial charge in [0.2, 0.25) is 0 Å². The van der Waals surface area contributed by atoms with Crippen LogP contribution in [-0.2, 0) is 9.47 Å². The van der Waals surface area contributed by atoms with Gasteiger partial charge in [-0.3, -0.25) is 0 Å². The van der Waals surface area contributed by atoms with Gasteiger partial charge < -0.3 is 14.8 Å². The van der Waals surface area contributed by atoms with Crippen LogP contribution in [0.3, 0.4) is 0 Å². The normalized spacial score (nSPS) is 10.6. The van der Waals surface area contributed by atoms with Gasteiger partial charge in [-0.1, -0.05) is 13.8 Å². The Hall–Kier alpha value is -1.14. The van der Waals surface area contributed by atoms with Gasteiger partial charge in [-0.25, -0.2) is 9.78 Å². The molecule has 0 aliphatic rings. The Labute approximate surface area is 105 Å². The molecule has 0 spiro atoms. The van der Waals surface area contributed by atoms with E-state index in [4.69, 9.17) is 4.74 Å². The van der Waals surface area contributed by atoms with Crippen molar-refractivity contribution >= 4 is 22.4 Å². The second kappa shape index (κ2) is 7.24. The summed E-state index contributed by atoms with van der Waals surface area (Å²) < 4.78 is 9.99. The lowest BCUT2D eigenvalue weighted by molar-refractivity contribution is 0.0595. The highest BCUT2D eigenvalue weighted by atomic mass is 32.1. The third-order valence-electron chi connectivity index (χ3n) is 1.87. The predicted molar refractivity (Wildman–Crippen MR) is 67.6 cm³/mol. The third kappa shape index (κ3) is 5.14. The molecule has 0 aromatic carbocycles. The van der Waals surface area contributed by atoms with Crippen molar-refractivity contribution in [3.05, 3.63) is 11.1 Å². The first kappa shape index (κ1) is 13.9. The predicted octanol–water partition coefficient (Wildman–Crippen LogP) is 2.01. The molecule has 5 nitrogen and oxygen atoms in total. The summed E-state index contributed by atoms with van der Waals surface area (Å²) in [4.78, 5) is 15.2. The van der Waals surface area contributed by atoms with Crippen LogP contribution in [0.4, 0.5) is 5.13 Å². The van der Waals surface area contributed by atoms with Crippen molar-refractivity contribution in [1.82, 2.24) is 4.98 Å². The first-order valence-corrected chi connectivity index (χ1v) is 6.37. The smallest absolute Gasteiger partial charge is 0.357 e. The molecular weight excluding hydrogens is 240 g/mol. The quantitative estimate of drug-likeness (QED) is 0.599. The highest BCUT2D eigenvalue weighted by Crippen LogP contribution is 2.15. The molecule has 0 saturated heterocycles. The zero-order chi connectivity index (χ0) is 12.7. The van der Waals surface area contributed by atoms with Crippen molar-refractivity contribution in [3.63, 3.8) is 0 Å². The number of aromatic nitrogens is 1. The lowest BCUT2D eigenvalue weighted by Crippen LogP contribution is -2.12. The second-order valence-corrected chi connectivity index (χ2v) is 4.78. The van der Waals surface area contributed by atoms with Crippen LogP contribution in [0.25, 0.3) is 0 Å². The SMILES string of the molecule is COC(=O)c1csc(NCCOCC(C)C)n1. The molecule has 1 aromatic heterocycles. The molecule has 96 valence electrons. The molecule has 0 unspecified atom stereocenters. The number of methoxy groups -OCH3 is 1. The standard InChI is InChI=1S/C11H18N2O3S/c1-8(2)6-16-5-4-12-11-13-9(7-17-11)10(14)15-3/h7-8H,4-6H2,1-3H3,(H,12,13). The number of carbonyl (C=O) groups is 1. The molecule has 1 heterocycles. The molecule has 1 rings (SSSR count). The molecule has 1 aromatic rings. The lowest BCUT2D eigenvalue weighted by Gasteiger charge is -2.06. The van der Waals surface area contributed by atoms with Gasteiger partial charge in [-0.05, 0) is 5.92 Å². The van der Waals surface area contributed by atoms with Gasteiger partial charge in [0.05, 0.1) is 13.7 Å². The number of esters is 1. The Balaban J connectivity index is 2.23. The summed E-state index contributed by atoms with van der Waals surface area (Å²) in [5, 5.41) is 5.47. The number of hydrogen-bond acceptors (Lipinski definition) is 6. The van der Waals surface area contributed by atoms with Crippen LogP contribution >= 0.6 is 11.3 Å². The van der Waals surface area contributed by atoms with E-state index < -0.39 is 5.97 Å². The molecular formula is C11H18N2O3S. The monoisotopic (exact) mass is 258 g/mol. The van der Waals surface area contributed by atoms with Crippen molar-refractivity contribution in [2.24, 2.45) is 5.92 Å². The second-order valence-electron chi connectivity index (χ2n) is 3.93. The molecule has 0 aliphatic carbocycles. The maximum absolute atomic E-state index is 11.1. The van der Waals surface area contributed by atoms with Crippen molar-refractivity contribution in [2.45, 2.75) is 13.8 Å². The molecule has 0 saturated carbocycles. The molecule has 6 heteroatoms. The largest absolute Gasteiger partial charge is 0.464 e. The summed E-state index contributed by atoms with van der Waals surface area (Å²) in [6, 6.07) is 0. The molecule has 0 amide bonds. The summed E-state index contributed by atoms with van der Waals surface area (Å²) in [7, 11) is 1.34. The Bertz CT molecular complexity index is 352. The van der Waals surface area contributed by atoms with E-state index in [-0.39, 0.29) is 0 Å². The first-order chi connectivity index (χ1) is 8.13. The van der Waals surface area contributed by atoms with Crippen LogP contribution in [0.15, 0.2) is 5.38 Å². The van der Waals surface area contributed by atoms with Crippen molar-refractivity contribution in [2.75, 3.05) is 32.2 Å². The number of anilines is 1. The summed E-state index contributed by atoms with van der Waals surface area (Å²) in [6.07, 6.45) is 0. The number of nitrogens with one attached hydrogen (secondary N) is 1. The number of nitrogens with zero attached hydrogens (tertiary/aromatic N) is 1. The van der Waals surface area contributed by atoms with Gasteiger partial charge in [0.25, 0.3) is 0 Å². The minimum Gasteiger partial charge on any atom is -0.464 e. The Morgan fingerprint density at radius 1 is 1.59 bits per heavy atom. The summed E-state index contributed by atoms with van der Waals surface area (Å²) in [5.74, 6) is 0.131. The van der Waals surface area contributed by atoms with Gasteiger partial charge in [0.15, 0.2) is 10.8 Å². The first-order valence-electron chi connectivity index (χ1n) is 5.49. The average Bonchev–Trinajstić information content (AvgIpc) is 2.76. The maximum Gasteiger partial charge on any atom is 0.357 e. The Morgan fingerprint density at radius 2 is 2.35 bits per heavy atom. The Kier molecular flexibility index (Phi) is 5.93. The average molecular weight is 258 g/mol. The van der Waals surface area contributed by atoms with E-state index in [1.807, 2.05) is 0 Å². The summed E-state index contributed by atoms with van der Waals surface area (Å²) in [6.45, 7) is 6.28. The highest BCUT2D eigenvalue weighted by molar-refractivity contribution is 7.13. The van der Waals surface area contributed by atoms with E-state index in [0.717, 1.165) is 6.61 Å². The fraction of sp³-hybridized carbons (Fsp3) is 0.636. The van der Waals surface area contributed by atoms with Crippen LogP contribution in [0.1, 0.15) is 24.3 Å². The van der Waals surface area contributed by atoms with Gasteiger partial charge in [0, 0.05) is 18.5 Å². The number of rotatable bonds is 7. The van der Waals surface area contributed by atoms with Gasteiger partial charge in [-0.15, -0.1) is 11.3 Å². The lowest BCUT2D eigenvalue weighted by atomic mass is 10.2. The van der Waals surface area contributed by atoms with E-state index in [1.165, 1.54) is 18.4 Å². The van der Waals surface area contributed by atoms with Crippen molar-refractivity contribution in [3.8, 4) is 0 Å². The molecule has 0 radical (unpaired) electrons. The molecule has 0 aliphatic heterocycles. The van der Waals surface area contributed by atoms with Gasteiger partial charge in [-0.2, -0.15) is 0 Å². The van der Waals surface area contributed by atoms with E-state index >= 15 is 0 Å². The molecule has 1 N–H and O–H groups in total. The van der Waals surface area contributed by atoms with Crippen LogP contribution in [-0.4, -0.2) is 37.8 Å². The number of hydrogen-bond donors (Lipinski definition) is 1. The van der Waals surface area contributed by atoms with E-state index in [1.54, 1.807) is 5.38 Å². The third-order valence-corrected chi connectivity index (χ3v) is 2.67. The van der Waals surface area contributed by atoms with Crippen molar-refractivity contribution in [1.29, 1.82) is 0 Å². The number of carbonyl (C=O) groups excluding carboxylic acids is 1. The zero-order valence-corrected chi connectivity index (χ0v) is 11.2. The van der Waals surface area contributed by atoms with E-state index in [0.29, 0.717) is 29.9 Å². The summed E-state index contributed by atoms with van der Waals surface area (Å²) >= 11 is 1.38. The number of ether oxygens (including phenoxy) is 2. The molecule has 0 atom stereocenters. The molecule has 0 bridgehead atoms. The van der Waals surface area contributed by atoms with Crippen LogP contribution in [0.2, 0.25) is 0 Å². The van der Waals surface area contributed by atoms with Gasteiger partial charge >= 0.3 is 5.97 Å². The van der Waals surface area contributed by atoms with E-state index in [2.05, 4.69) is 28.9 Å². The fourth-order valence-corrected chi connectivity index (χ4v) is 1.81. The topological polar surface area (TPSA) is 60.5 Å². The zero-order valence-electron chi connectivity index (χ0n) is 10.4. The minimum absolute atomic E-state index is 0.336. The summed E-state index contributed by atoms with van der Waals surface area (Å²) in [5.41, 5.74) is 0.336. The van der Waals surface area contributed by atoms with Gasteiger partial charge in [0.1, 0.15) is 0 Å². The fourth-order valence-electron chi connectivity index (χ4n) is 1.10. The molecule has 17 heavy (non-hydrogen) atoms. The highest BCUT2D eigenvalue weighted by Gasteiger charge is 2.09. The maximum atomic E-state index is 11.1. The molecule has 0 fully saturated rings.